The average molecular weight is 718 g/mol. The van der Waals surface area contributed by atoms with Gasteiger partial charge in [0.1, 0.15) is 29.0 Å². The van der Waals surface area contributed by atoms with Crippen LogP contribution in [0.3, 0.4) is 0 Å². The molecule has 16 heteroatoms. The molecule has 1 spiro atoms. The maximum atomic E-state index is 14.2. The Labute approximate surface area is 292 Å². The van der Waals surface area contributed by atoms with E-state index < -0.39 is 36.3 Å². The molecule has 2 aromatic heterocycles. The maximum Gasteiger partial charge on any atom is 0.410 e. The minimum Gasteiger partial charge on any atom is -0.490 e. The third-order valence-corrected chi connectivity index (χ3v) is 9.13. The standard InChI is InChI=1S/C34H39ClF3N7O5/c1-19(2)45(16-27(37)38)30(46)22-12-20(36)6-7-25(22)49-31-40-29(28(35)41-42-31)44-17-34(18-44)13-21(14-34)48-26-8-10-39-24-9-11-43(15-23(24)26)32(47)50-33(3,4)5/h6-8,10,12,19,21,27H,9,11,13-18H2,1-5H3. The molecule has 0 unspecified atom stereocenters. The van der Waals surface area contributed by atoms with Crippen LogP contribution in [0.1, 0.15) is 69.1 Å². The van der Waals surface area contributed by atoms with Gasteiger partial charge in [0.15, 0.2) is 11.0 Å². The molecule has 1 saturated carbocycles. The van der Waals surface area contributed by atoms with Crippen LogP contribution in [-0.4, -0.2) is 92.3 Å². The highest BCUT2D eigenvalue weighted by Gasteiger charge is 2.54. The molecule has 4 heterocycles. The van der Waals surface area contributed by atoms with Crippen molar-refractivity contribution in [2.24, 2.45) is 5.41 Å². The third kappa shape index (κ3) is 7.67. The van der Waals surface area contributed by atoms with E-state index in [0.29, 0.717) is 44.2 Å². The van der Waals surface area contributed by atoms with Crippen LogP contribution in [0.2, 0.25) is 5.15 Å². The number of hydrogen-bond donors (Lipinski definition) is 0. The molecular weight excluding hydrogens is 679 g/mol. The van der Waals surface area contributed by atoms with Crippen molar-refractivity contribution >= 4 is 29.4 Å². The quantitative estimate of drug-likeness (QED) is 0.249. The molecule has 3 aromatic rings. The number of rotatable bonds is 9. The predicted molar refractivity (Wildman–Crippen MR) is 176 cm³/mol. The summed E-state index contributed by atoms with van der Waals surface area (Å²) in [5, 5.41) is 7.90. The molecule has 0 radical (unpaired) electrons. The number of amides is 2. The average Bonchev–Trinajstić information content (AvgIpc) is 3.00. The summed E-state index contributed by atoms with van der Waals surface area (Å²) in [6.07, 6.45) is 0.765. The molecule has 12 nitrogen and oxygen atoms in total. The summed E-state index contributed by atoms with van der Waals surface area (Å²) in [5.41, 5.74) is 0.945. The second-order valence-corrected chi connectivity index (χ2v) is 14.6. The van der Waals surface area contributed by atoms with Crippen molar-refractivity contribution < 1.29 is 37.0 Å². The van der Waals surface area contributed by atoms with E-state index in [2.05, 4.69) is 20.2 Å². The van der Waals surface area contributed by atoms with E-state index in [9.17, 15) is 22.8 Å². The number of ether oxygens (including phenoxy) is 3. The Morgan fingerprint density at radius 3 is 2.54 bits per heavy atom. The molecule has 2 amide bonds. The summed E-state index contributed by atoms with van der Waals surface area (Å²) in [7, 11) is 0. The second-order valence-electron chi connectivity index (χ2n) is 14.3. The van der Waals surface area contributed by atoms with E-state index in [-0.39, 0.29) is 40.1 Å². The third-order valence-electron chi connectivity index (χ3n) is 8.89. The van der Waals surface area contributed by atoms with Crippen LogP contribution < -0.4 is 14.4 Å². The number of carbonyl (C=O) groups is 2. The number of alkyl halides is 2. The van der Waals surface area contributed by atoms with Crippen molar-refractivity contribution in [2.45, 2.75) is 84.6 Å². The molecule has 2 fully saturated rings. The van der Waals surface area contributed by atoms with Crippen LogP contribution in [0.5, 0.6) is 17.5 Å². The summed E-state index contributed by atoms with van der Waals surface area (Å²) in [6.45, 7) is 10.0. The van der Waals surface area contributed by atoms with Gasteiger partial charge in [-0.3, -0.25) is 9.78 Å². The lowest BCUT2D eigenvalue weighted by molar-refractivity contribution is -0.0352. The summed E-state index contributed by atoms with van der Waals surface area (Å²) in [4.78, 5) is 39.4. The van der Waals surface area contributed by atoms with Gasteiger partial charge in [0.05, 0.1) is 24.3 Å². The molecule has 1 aromatic carbocycles. The van der Waals surface area contributed by atoms with Crippen molar-refractivity contribution in [3.63, 3.8) is 0 Å². The maximum absolute atomic E-state index is 14.2. The number of carbonyl (C=O) groups excluding carboxylic acids is 2. The van der Waals surface area contributed by atoms with Gasteiger partial charge in [-0.15, -0.1) is 5.10 Å². The number of benzene rings is 1. The molecule has 2 aliphatic heterocycles. The molecule has 6 rings (SSSR count). The van der Waals surface area contributed by atoms with E-state index in [1.165, 1.54) is 6.07 Å². The lowest BCUT2D eigenvalue weighted by Gasteiger charge is -2.58. The van der Waals surface area contributed by atoms with E-state index >= 15 is 0 Å². The minimum atomic E-state index is -2.78. The SMILES string of the molecule is CC(C)N(CC(F)F)C(=O)c1cc(F)ccc1Oc1nnc(Cl)c(N2CC3(CC(Oc4ccnc5c4CN(C(=O)OC(C)(C)C)CC5)C3)C2)n1. The van der Waals surface area contributed by atoms with Crippen molar-refractivity contribution in [2.75, 3.05) is 31.1 Å². The van der Waals surface area contributed by atoms with Gasteiger partial charge >= 0.3 is 12.1 Å². The molecule has 1 aliphatic carbocycles. The van der Waals surface area contributed by atoms with Gasteiger partial charge in [-0.2, -0.15) is 4.98 Å². The fraction of sp³-hybridized carbons (Fsp3) is 0.529. The summed E-state index contributed by atoms with van der Waals surface area (Å²) >= 11 is 6.38. The van der Waals surface area contributed by atoms with E-state index in [4.69, 9.17) is 25.8 Å². The predicted octanol–water partition coefficient (Wildman–Crippen LogP) is 6.31. The number of aromatic nitrogens is 4. The molecule has 1 saturated heterocycles. The van der Waals surface area contributed by atoms with Crippen LogP contribution >= 0.6 is 11.6 Å². The Kier molecular flexibility index (Phi) is 9.72. The zero-order chi connectivity index (χ0) is 36.0. The van der Waals surface area contributed by atoms with Gasteiger partial charge in [0.25, 0.3) is 12.3 Å². The lowest BCUT2D eigenvalue weighted by Crippen LogP contribution is -2.65. The first-order chi connectivity index (χ1) is 23.6. The van der Waals surface area contributed by atoms with Gasteiger partial charge in [-0.25, -0.2) is 18.0 Å². The Hall–Kier alpha value is -4.40. The van der Waals surface area contributed by atoms with Gasteiger partial charge in [0, 0.05) is 49.3 Å². The van der Waals surface area contributed by atoms with E-state index in [0.717, 1.165) is 41.1 Å². The summed E-state index contributed by atoms with van der Waals surface area (Å²) in [6, 6.07) is 4.24. The molecule has 268 valence electrons. The van der Waals surface area contributed by atoms with E-state index in [1.807, 2.05) is 31.7 Å². The Balaban J connectivity index is 1.09. The number of fused-ring (bicyclic) bond motifs is 1. The number of hydrogen-bond acceptors (Lipinski definition) is 10. The highest BCUT2D eigenvalue weighted by Crippen LogP contribution is 2.51. The first-order valence-electron chi connectivity index (χ1n) is 16.4. The second kappa shape index (κ2) is 13.7. The fourth-order valence-corrected chi connectivity index (χ4v) is 6.77. The largest absolute Gasteiger partial charge is 0.490 e. The van der Waals surface area contributed by atoms with Crippen LogP contribution in [0, 0.1) is 11.2 Å². The minimum absolute atomic E-state index is 0.0167. The van der Waals surface area contributed by atoms with Crippen LogP contribution in [0.25, 0.3) is 0 Å². The first kappa shape index (κ1) is 35.4. The van der Waals surface area contributed by atoms with Crippen LogP contribution in [0.4, 0.5) is 23.8 Å². The highest BCUT2D eigenvalue weighted by molar-refractivity contribution is 6.31. The fourth-order valence-electron chi connectivity index (χ4n) is 6.57. The number of pyridine rings is 1. The van der Waals surface area contributed by atoms with Crippen molar-refractivity contribution in [1.29, 1.82) is 0 Å². The topological polar surface area (TPSA) is 123 Å². The normalized spacial score (nSPS) is 16.9. The smallest absolute Gasteiger partial charge is 0.410 e. The summed E-state index contributed by atoms with van der Waals surface area (Å²) < 4.78 is 58.4. The monoisotopic (exact) mass is 717 g/mol. The first-order valence-corrected chi connectivity index (χ1v) is 16.8. The number of anilines is 1. The lowest BCUT2D eigenvalue weighted by atomic mass is 9.61. The van der Waals surface area contributed by atoms with Gasteiger partial charge < -0.3 is 28.9 Å². The Bertz CT molecular complexity index is 1760. The molecule has 50 heavy (non-hydrogen) atoms. The van der Waals surface area contributed by atoms with Crippen LogP contribution in [0.15, 0.2) is 30.5 Å². The van der Waals surface area contributed by atoms with Crippen molar-refractivity contribution in [1.82, 2.24) is 30.0 Å². The molecule has 3 aliphatic rings. The van der Waals surface area contributed by atoms with Gasteiger partial charge in [-0.1, -0.05) is 16.7 Å². The molecule has 0 N–H and O–H groups in total. The molecule has 0 bridgehead atoms. The number of nitrogens with zero attached hydrogens (tertiary/aromatic N) is 7. The summed E-state index contributed by atoms with van der Waals surface area (Å²) in [5.74, 6) is -0.631. The highest BCUT2D eigenvalue weighted by atomic mass is 35.5. The van der Waals surface area contributed by atoms with Gasteiger partial charge in [-0.05, 0) is 71.7 Å². The zero-order valence-electron chi connectivity index (χ0n) is 28.5. The zero-order valence-corrected chi connectivity index (χ0v) is 29.2. The van der Waals surface area contributed by atoms with Gasteiger partial charge in [0.2, 0.25) is 0 Å². The van der Waals surface area contributed by atoms with Crippen LogP contribution in [-0.2, 0) is 17.7 Å². The number of halogens is 4. The van der Waals surface area contributed by atoms with Crippen molar-refractivity contribution in [3.05, 3.63) is 58.3 Å². The van der Waals surface area contributed by atoms with Crippen molar-refractivity contribution in [3.8, 4) is 17.5 Å². The Morgan fingerprint density at radius 2 is 1.86 bits per heavy atom. The van der Waals surface area contributed by atoms with E-state index in [1.54, 1.807) is 24.9 Å². The molecule has 0 atom stereocenters. The molecular formula is C34H39ClF3N7O5. The Morgan fingerprint density at radius 1 is 1.12 bits per heavy atom.